The minimum Gasteiger partial charge on any atom is -0.378 e. The van der Waals surface area contributed by atoms with Crippen LogP contribution in [0.15, 0.2) is 0 Å². The molecular weight excluding hydrogens is 160 g/mol. The summed E-state index contributed by atoms with van der Waals surface area (Å²) in [6.45, 7) is 3.07. The van der Waals surface area contributed by atoms with Crippen molar-refractivity contribution in [3.05, 3.63) is 0 Å². The summed E-state index contributed by atoms with van der Waals surface area (Å²) in [5, 5.41) is 0. The Kier molecular flexibility index (Phi) is 1.90. The van der Waals surface area contributed by atoms with Crippen LogP contribution in [0, 0.1) is 23.7 Å². The first-order valence-electron chi connectivity index (χ1n) is 6.01. The molecule has 74 valence electrons. The second kappa shape index (κ2) is 2.98. The number of fused-ring (bicyclic) bond motifs is 4. The molecule has 5 atom stereocenters. The van der Waals surface area contributed by atoms with Gasteiger partial charge in [-0.2, -0.15) is 0 Å². The van der Waals surface area contributed by atoms with Crippen molar-refractivity contribution in [3.63, 3.8) is 0 Å². The van der Waals surface area contributed by atoms with Crippen molar-refractivity contribution in [1.29, 1.82) is 0 Å². The van der Waals surface area contributed by atoms with Gasteiger partial charge >= 0.3 is 0 Å². The van der Waals surface area contributed by atoms with Crippen molar-refractivity contribution < 1.29 is 4.74 Å². The molecule has 3 saturated carbocycles. The standard InChI is InChI=1S/C12H20O/c1-2-13-12-9-5-3-4-8(6-9)10-7-11(10)12/h8-12H,2-7H2,1H3. The van der Waals surface area contributed by atoms with Crippen molar-refractivity contribution in [2.45, 2.75) is 45.1 Å². The summed E-state index contributed by atoms with van der Waals surface area (Å²) in [5.41, 5.74) is 0. The average Bonchev–Trinajstić information content (AvgIpc) is 2.93. The maximum absolute atomic E-state index is 5.92. The first kappa shape index (κ1) is 8.28. The lowest BCUT2D eigenvalue weighted by molar-refractivity contribution is -0.0416. The number of hydrogen-bond acceptors (Lipinski definition) is 1. The van der Waals surface area contributed by atoms with E-state index >= 15 is 0 Å². The van der Waals surface area contributed by atoms with Crippen LogP contribution in [0.2, 0.25) is 0 Å². The smallest absolute Gasteiger partial charge is 0.0634 e. The molecule has 0 radical (unpaired) electrons. The van der Waals surface area contributed by atoms with Crippen LogP contribution in [0.25, 0.3) is 0 Å². The summed E-state index contributed by atoms with van der Waals surface area (Å²) in [5.74, 6) is 4.08. The van der Waals surface area contributed by atoms with Crippen LogP contribution in [-0.4, -0.2) is 12.7 Å². The molecule has 0 aromatic heterocycles. The van der Waals surface area contributed by atoms with Crippen LogP contribution >= 0.6 is 0 Å². The van der Waals surface area contributed by atoms with E-state index in [1.54, 1.807) is 0 Å². The third kappa shape index (κ3) is 1.24. The van der Waals surface area contributed by atoms with Gasteiger partial charge in [0.2, 0.25) is 0 Å². The summed E-state index contributed by atoms with van der Waals surface area (Å²) in [7, 11) is 0. The molecule has 0 aromatic rings. The first-order valence-corrected chi connectivity index (χ1v) is 6.01. The van der Waals surface area contributed by atoms with E-state index in [2.05, 4.69) is 6.92 Å². The minimum atomic E-state index is 0.659. The Balaban J connectivity index is 1.74. The van der Waals surface area contributed by atoms with Crippen LogP contribution in [0.5, 0.6) is 0 Å². The van der Waals surface area contributed by atoms with E-state index in [1.165, 1.54) is 32.1 Å². The van der Waals surface area contributed by atoms with E-state index in [9.17, 15) is 0 Å². The molecule has 13 heavy (non-hydrogen) atoms. The summed E-state index contributed by atoms with van der Waals surface area (Å²) >= 11 is 0. The molecule has 0 spiro atoms. The Morgan fingerprint density at radius 3 is 2.77 bits per heavy atom. The fourth-order valence-electron chi connectivity index (χ4n) is 3.91. The Labute approximate surface area is 80.8 Å². The molecule has 0 aliphatic heterocycles. The van der Waals surface area contributed by atoms with Gasteiger partial charge in [0.15, 0.2) is 0 Å². The third-order valence-corrected chi connectivity index (χ3v) is 4.50. The molecular formula is C12H20O. The van der Waals surface area contributed by atoms with Crippen LogP contribution in [-0.2, 0) is 4.74 Å². The molecule has 0 saturated heterocycles. The average molecular weight is 180 g/mol. The van der Waals surface area contributed by atoms with Crippen LogP contribution in [0.3, 0.4) is 0 Å². The number of hydrogen-bond donors (Lipinski definition) is 0. The van der Waals surface area contributed by atoms with Gasteiger partial charge in [-0.3, -0.25) is 0 Å². The van der Waals surface area contributed by atoms with Gasteiger partial charge in [0.25, 0.3) is 0 Å². The lowest BCUT2D eigenvalue weighted by Gasteiger charge is -2.39. The summed E-state index contributed by atoms with van der Waals surface area (Å²) in [4.78, 5) is 0. The van der Waals surface area contributed by atoms with Crippen LogP contribution in [0.1, 0.15) is 39.0 Å². The highest BCUT2D eigenvalue weighted by molar-refractivity contribution is 5.04. The van der Waals surface area contributed by atoms with Gasteiger partial charge < -0.3 is 4.74 Å². The third-order valence-electron chi connectivity index (χ3n) is 4.50. The molecule has 0 N–H and O–H groups in total. The monoisotopic (exact) mass is 180 g/mol. The lowest BCUT2D eigenvalue weighted by Crippen LogP contribution is -2.36. The molecule has 3 aliphatic rings. The summed E-state index contributed by atoms with van der Waals surface area (Å²) in [6.07, 6.45) is 8.09. The molecule has 0 heterocycles. The van der Waals surface area contributed by atoms with E-state index < -0.39 is 0 Å². The fraction of sp³-hybridized carbons (Fsp3) is 1.00. The van der Waals surface area contributed by atoms with Crippen LogP contribution < -0.4 is 0 Å². The molecule has 0 amide bonds. The van der Waals surface area contributed by atoms with E-state index in [4.69, 9.17) is 4.74 Å². The Morgan fingerprint density at radius 2 is 1.92 bits per heavy atom. The van der Waals surface area contributed by atoms with Crippen molar-refractivity contribution in [2.75, 3.05) is 6.61 Å². The van der Waals surface area contributed by atoms with Gasteiger partial charge in [-0.05, 0) is 49.9 Å². The van der Waals surface area contributed by atoms with Gasteiger partial charge in [-0.25, -0.2) is 0 Å². The number of rotatable bonds is 2. The zero-order chi connectivity index (χ0) is 8.84. The summed E-state index contributed by atoms with van der Waals surface area (Å²) in [6, 6.07) is 0. The van der Waals surface area contributed by atoms with Gasteiger partial charge in [-0.15, -0.1) is 0 Å². The topological polar surface area (TPSA) is 9.23 Å². The highest BCUT2D eigenvalue weighted by atomic mass is 16.5. The fourth-order valence-corrected chi connectivity index (χ4v) is 3.91. The highest BCUT2D eigenvalue weighted by Crippen LogP contribution is 2.59. The van der Waals surface area contributed by atoms with Gasteiger partial charge in [0, 0.05) is 6.61 Å². The quantitative estimate of drug-likeness (QED) is 0.635. The van der Waals surface area contributed by atoms with Gasteiger partial charge in [0.05, 0.1) is 6.10 Å². The van der Waals surface area contributed by atoms with Crippen molar-refractivity contribution in [1.82, 2.24) is 0 Å². The molecule has 1 heteroatoms. The zero-order valence-corrected chi connectivity index (χ0v) is 8.54. The molecule has 0 aromatic carbocycles. The predicted molar refractivity (Wildman–Crippen MR) is 52.5 cm³/mol. The first-order chi connectivity index (χ1) is 6.40. The molecule has 3 rings (SSSR count). The highest BCUT2D eigenvalue weighted by Gasteiger charge is 2.55. The second-order valence-electron chi connectivity index (χ2n) is 5.17. The maximum atomic E-state index is 5.92. The largest absolute Gasteiger partial charge is 0.378 e. The van der Waals surface area contributed by atoms with E-state index in [0.29, 0.717) is 6.10 Å². The molecule has 2 bridgehead atoms. The second-order valence-corrected chi connectivity index (χ2v) is 5.17. The molecule has 3 aliphatic carbocycles. The van der Waals surface area contributed by atoms with E-state index in [0.717, 1.165) is 30.3 Å². The molecule has 3 fully saturated rings. The van der Waals surface area contributed by atoms with E-state index in [1.807, 2.05) is 0 Å². The number of ether oxygens (including phenoxy) is 1. The lowest BCUT2D eigenvalue weighted by atomic mass is 9.71. The normalized spacial score (nSPS) is 52.8. The Hall–Kier alpha value is -0.0400. The van der Waals surface area contributed by atoms with Gasteiger partial charge in [0.1, 0.15) is 0 Å². The minimum absolute atomic E-state index is 0.659. The SMILES string of the molecule is CCOC1C2CCCC(C2)C2CC21. The summed E-state index contributed by atoms with van der Waals surface area (Å²) < 4.78 is 5.92. The van der Waals surface area contributed by atoms with Crippen molar-refractivity contribution in [3.8, 4) is 0 Å². The predicted octanol–water partition coefficient (Wildman–Crippen LogP) is 2.85. The van der Waals surface area contributed by atoms with Crippen molar-refractivity contribution >= 4 is 0 Å². The zero-order valence-electron chi connectivity index (χ0n) is 8.54. The van der Waals surface area contributed by atoms with Crippen LogP contribution in [0.4, 0.5) is 0 Å². The van der Waals surface area contributed by atoms with Crippen molar-refractivity contribution in [2.24, 2.45) is 23.7 Å². The Morgan fingerprint density at radius 1 is 1.08 bits per heavy atom. The molecule has 1 nitrogen and oxygen atoms in total. The van der Waals surface area contributed by atoms with Gasteiger partial charge in [-0.1, -0.05) is 12.8 Å². The van der Waals surface area contributed by atoms with E-state index in [-0.39, 0.29) is 0 Å². The molecule has 5 unspecified atom stereocenters. The Bertz CT molecular complexity index is 201. The maximum Gasteiger partial charge on any atom is 0.0634 e.